The predicted octanol–water partition coefficient (Wildman–Crippen LogP) is 1.93. The number of nitrogens with one attached hydrogen (secondary N) is 2. The van der Waals surface area contributed by atoms with Gasteiger partial charge in [0.05, 0.1) is 12.3 Å². The highest BCUT2D eigenvalue weighted by atomic mass is 32.2. The van der Waals surface area contributed by atoms with Gasteiger partial charge in [0.15, 0.2) is 5.96 Å². The molecule has 7 nitrogen and oxygen atoms in total. The lowest BCUT2D eigenvalue weighted by molar-refractivity contribution is 0.306. The zero-order chi connectivity index (χ0) is 20.7. The minimum atomic E-state index is -3.09. The van der Waals surface area contributed by atoms with E-state index in [9.17, 15) is 8.42 Å². The lowest BCUT2D eigenvalue weighted by atomic mass is 10.1. The largest absolute Gasteiger partial charge is 0.364 e. The Bertz CT molecular complexity index is 804. The molecule has 0 aliphatic carbocycles. The van der Waals surface area contributed by atoms with Gasteiger partial charge in [-0.2, -0.15) is 0 Å². The van der Waals surface area contributed by atoms with E-state index in [4.69, 9.17) is 4.99 Å². The summed E-state index contributed by atoms with van der Waals surface area (Å²) in [5.74, 6) is 0.958. The van der Waals surface area contributed by atoms with E-state index >= 15 is 0 Å². The van der Waals surface area contributed by atoms with Crippen LogP contribution in [0.4, 0.5) is 5.69 Å². The van der Waals surface area contributed by atoms with Crippen LogP contribution in [0.25, 0.3) is 0 Å². The van der Waals surface area contributed by atoms with Crippen molar-refractivity contribution in [2.24, 2.45) is 4.99 Å². The maximum Gasteiger partial charge on any atom is 0.213 e. The van der Waals surface area contributed by atoms with Gasteiger partial charge in [-0.1, -0.05) is 24.3 Å². The molecule has 160 valence electrons. The fourth-order valence-corrected chi connectivity index (χ4v) is 4.78. The monoisotopic (exact) mass is 419 g/mol. The molecule has 0 spiro atoms. The molecule has 0 aromatic heterocycles. The molecule has 2 heterocycles. The molecule has 3 rings (SSSR count). The molecule has 0 saturated carbocycles. The van der Waals surface area contributed by atoms with Crippen molar-refractivity contribution in [2.75, 3.05) is 43.4 Å². The maximum atomic E-state index is 12.0. The molecule has 2 aliphatic heterocycles. The van der Waals surface area contributed by atoms with Gasteiger partial charge in [0, 0.05) is 44.5 Å². The minimum Gasteiger partial charge on any atom is -0.364 e. The smallest absolute Gasteiger partial charge is 0.213 e. The van der Waals surface area contributed by atoms with Crippen LogP contribution in [0.15, 0.2) is 41.4 Å². The van der Waals surface area contributed by atoms with Crippen LogP contribution >= 0.6 is 0 Å². The molecule has 1 aromatic rings. The Kier molecular flexibility index (Phi) is 7.55. The third-order valence-corrected chi connectivity index (χ3v) is 7.32. The third kappa shape index (κ3) is 5.96. The van der Waals surface area contributed by atoms with Crippen molar-refractivity contribution in [3.63, 3.8) is 0 Å². The van der Waals surface area contributed by atoms with Crippen molar-refractivity contribution >= 4 is 21.7 Å². The average molecular weight is 420 g/mol. The van der Waals surface area contributed by atoms with E-state index in [1.54, 1.807) is 11.2 Å². The normalized spacial score (nSPS) is 19.0. The Hall–Kier alpha value is -2.06. The first kappa shape index (κ1) is 21.6. The van der Waals surface area contributed by atoms with Crippen LogP contribution in [0, 0.1) is 0 Å². The number of guanidine groups is 1. The highest BCUT2D eigenvalue weighted by Gasteiger charge is 2.26. The Morgan fingerprint density at radius 1 is 1.10 bits per heavy atom. The number of hydrogen-bond acceptors (Lipinski definition) is 4. The van der Waals surface area contributed by atoms with Gasteiger partial charge in [-0.15, -0.1) is 0 Å². The summed E-state index contributed by atoms with van der Waals surface area (Å²) in [6, 6.07) is 8.81. The molecule has 0 amide bonds. The number of sulfonamides is 1. The van der Waals surface area contributed by atoms with Crippen LogP contribution in [-0.4, -0.2) is 63.2 Å². The van der Waals surface area contributed by atoms with Gasteiger partial charge in [-0.25, -0.2) is 17.7 Å². The number of piperidine rings is 1. The number of benzene rings is 1. The van der Waals surface area contributed by atoms with E-state index in [0.717, 1.165) is 38.4 Å². The second kappa shape index (κ2) is 10.1. The number of aliphatic imine (C=N–C) groups is 1. The highest BCUT2D eigenvalue weighted by Crippen LogP contribution is 2.18. The lowest BCUT2D eigenvalue weighted by Crippen LogP contribution is -2.50. The van der Waals surface area contributed by atoms with E-state index in [-0.39, 0.29) is 11.8 Å². The van der Waals surface area contributed by atoms with Gasteiger partial charge in [0.2, 0.25) is 10.0 Å². The van der Waals surface area contributed by atoms with Gasteiger partial charge in [-0.3, -0.25) is 0 Å². The Morgan fingerprint density at radius 2 is 1.76 bits per heavy atom. The van der Waals surface area contributed by atoms with E-state index in [2.05, 4.69) is 52.0 Å². The second-order valence-corrected chi connectivity index (χ2v) is 9.71. The third-order valence-electron chi connectivity index (χ3n) is 5.44. The van der Waals surface area contributed by atoms with Crippen LogP contribution in [-0.2, 0) is 16.6 Å². The summed E-state index contributed by atoms with van der Waals surface area (Å²) >= 11 is 0. The molecular weight excluding hydrogens is 386 g/mol. The maximum absolute atomic E-state index is 12.0. The first-order valence-electron chi connectivity index (χ1n) is 10.5. The fourth-order valence-electron chi connectivity index (χ4n) is 3.65. The fraction of sp³-hybridized carbons (Fsp3) is 0.571. The standard InChI is InChI=1S/C21H33N5O2S/c1-3-22-21(24-19-11-15-26(16-12-19)29(27,28)4-2)23-17-18-7-9-20(10-8-18)25-13-5-6-14-25/h5-10,19H,3-4,11-17H2,1-2H3,(H2,22,23,24). The summed E-state index contributed by atoms with van der Waals surface area (Å²) in [6.07, 6.45) is 5.97. The first-order valence-corrected chi connectivity index (χ1v) is 12.1. The summed E-state index contributed by atoms with van der Waals surface area (Å²) in [7, 11) is -3.09. The average Bonchev–Trinajstić information content (AvgIpc) is 3.28. The summed E-state index contributed by atoms with van der Waals surface area (Å²) in [5.41, 5.74) is 2.41. The highest BCUT2D eigenvalue weighted by molar-refractivity contribution is 7.89. The number of rotatable bonds is 7. The molecule has 1 fully saturated rings. The van der Waals surface area contributed by atoms with E-state index in [1.165, 1.54) is 11.3 Å². The molecule has 0 bridgehead atoms. The number of nitrogens with zero attached hydrogens (tertiary/aromatic N) is 3. The van der Waals surface area contributed by atoms with E-state index in [0.29, 0.717) is 19.6 Å². The van der Waals surface area contributed by atoms with E-state index in [1.807, 2.05) is 6.92 Å². The quantitative estimate of drug-likeness (QED) is 0.401. The van der Waals surface area contributed by atoms with Gasteiger partial charge >= 0.3 is 0 Å². The zero-order valence-electron chi connectivity index (χ0n) is 17.5. The first-order chi connectivity index (χ1) is 14.0. The van der Waals surface area contributed by atoms with E-state index < -0.39 is 10.0 Å². The topological polar surface area (TPSA) is 77.0 Å². The molecule has 0 radical (unpaired) electrons. The molecule has 0 atom stereocenters. The van der Waals surface area contributed by atoms with Gasteiger partial charge in [0.1, 0.15) is 0 Å². The van der Waals surface area contributed by atoms with Crippen LogP contribution in [0.1, 0.15) is 32.3 Å². The molecule has 0 unspecified atom stereocenters. The van der Waals surface area contributed by atoms with Crippen LogP contribution in [0.3, 0.4) is 0 Å². The van der Waals surface area contributed by atoms with Crippen LogP contribution < -0.4 is 15.5 Å². The summed E-state index contributed by atoms with van der Waals surface area (Å²) in [5, 5.41) is 6.77. The molecule has 2 aliphatic rings. The van der Waals surface area contributed by atoms with Crippen LogP contribution in [0.2, 0.25) is 0 Å². The van der Waals surface area contributed by atoms with Crippen molar-refractivity contribution in [3.8, 4) is 0 Å². The minimum absolute atomic E-state index is 0.169. The van der Waals surface area contributed by atoms with Crippen molar-refractivity contribution in [3.05, 3.63) is 42.0 Å². The molecule has 1 aromatic carbocycles. The SMILES string of the molecule is CCNC(=NCc1ccc(N2CC=CC2)cc1)NC1CCN(S(=O)(=O)CC)CC1. The van der Waals surface area contributed by atoms with Gasteiger partial charge in [-0.05, 0) is 44.4 Å². The summed E-state index contributed by atoms with van der Waals surface area (Å²) in [6.45, 7) is 8.23. The summed E-state index contributed by atoms with van der Waals surface area (Å²) < 4.78 is 25.6. The Balaban J connectivity index is 1.53. The number of anilines is 1. The Morgan fingerprint density at radius 3 is 2.34 bits per heavy atom. The Labute approximate surface area is 174 Å². The molecule has 1 saturated heterocycles. The predicted molar refractivity (Wildman–Crippen MR) is 120 cm³/mol. The molecule has 2 N–H and O–H groups in total. The van der Waals surface area contributed by atoms with Crippen molar-refractivity contribution in [1.29, 1.82) is 0 Å². The van der Waals surface area contributed by atoms with Crippen molar-refractivity contribution in [1.82, 2.24) is 14.9 Å². The molecule has 8 heteroatoms. The van der Waals surface area contributed by atoms with Crippen molar-refractivity contribution in [2.45, 2.75) is 39.3 Å². The number of hydrogen-bond donors (Lipinski definition) is 2. The summed E-state index contributed by atoms with van der Waals surface area (Å²) in [4.78, 5) is 7.05. The van der Waals surface area contributed by atoms with Crippen molar-refractivity contribution < 1.29 is 8.42 Å². The van der Waals surface area contributed by atoms with Gasteiger partial charge < -0.3 is 15.5 Å². The van der Waals surface area contributed by atoms with Crippen LogP contribution in [0.5, 0.6) is 0 Å². The molecule has 29 heavy (non-hydrogen) atoms. The molecular formula is C21H33N5O2S. The second-order valence-electron chi connectivity index (χ2n) is 7.46. The zero-order valence-corrected chi connectivity index (χ0v) is 18.3. The van der Waals surface area contributed by atoms with Gasteiger partial charge in [0.25, 0.3) is 0 Å². The lowest BCUT2D eigenvalue weighted by Gasteiger charge is -2.32.